The Balaban J connectivity index is 0.617. The minimum atomic E-state index is -2.49. The van der Waals surface area contributed by atoms with E-state index in [9.17, 15) is 28.5 Å². The normalized spacial score (nSPS) is 17.4. The van der Waals surface area contributed by atoms with Crippen LogP contribution in [0.5, 0.6) is 5.75 Å². The third kappa shape index (κ3) is 15.5. The number of piperazine rings is 1. The van der Waals surface area contributed by atoms with E-state index in [4.69, 9.17) is 45.0 Å². The zero-order chi connectivity index (χ0) is 55.0. The van der Waals surface area contributed by atoms with Gasteiger partial charge in [-0.2, -0.15) is 0 Å². The molecular weight excluding hydrogens is 1040 g/mol. The minimum Gasteiger partial charge on any atom is -0.496 e. The molecule has 5 amide bonds. The molecule has 5 heterocycles. The van der Waals surface area contributed by atoms with Gasteiger partial charge in [0.2, 0.25) is 17.7 Å². The van der Waals surface area contributed by atoms with Gasteiger partial charge in [0.25, 0.3) is 11.8 Å². The Morgan fingerprint density at radius 1 is 0.756 bits per heavy atom. The molecule has 0 saturated carbocycles. The number of carbonyl (C=O) groups is 5. The monoisotopic (exact) mass is 1110 g/mol. The molecule has 78 heavy (non-hydrogen) atoms. The number of methoxy groups -OCH3 is 1. The van der Waals surface area contributed by atoms with Gasteiger partial charge in [-0.25, -0.2) is 9.97 Å². The van der Waals surface area contributed by atoms with E-state index >= 15 is 0 Å². The second-order valence-electron chi connectivity index (χ2n) is 20.0. The van der Waals surface area contributed by atoms with Crippen LogP contribution in [0.2, 0.25) is 5.02 Å². The number of fused-ring (bicyclic) bond motifs is 1. The predicted molar refractivity (Wildman–Crippen MR) is 295 cm³/mol. The molecule has 420 valence electrons. The SMILES string of the molecule is COc1cc(N2CCC(N3CCN(C(=O)CCOCCOCCOCCOCCOCCNc4cccc5c4C(=O)N(C4CCC(=O)NC4=O)C5=O)CC3)CC2)ccc1Cc1ncc(Cl)c(Cc2ccccc2P(C)(C)=O)n1. The molecule has 4 aliphatic heterocycles. The molecule has 4 aromatic rings. The lowest BCUT2D eigenvalue weighted by Crippen LogP contribution is -2.54. The van der Waals surface area contributed by atoms with Crippen molar-refractivity contribution in [1.82, 2.24) is 30.0 Å². The first-order valence-electron chi connectivity index (χ1n) is 26.8. The molecule has 4 aliphatic rings. The number of rotatable bonds is 28. The second kappa shape index (κ2) is 28.4. The summed E-state index contributed by atoms with van der Waals surface area (Å²) < 4.78 is 47.0. The number of nitrogens with zero attached hydrogens (tertiary/aromatic N) is 6. The number of nitrogens with one attached hydrogen (secondary N) is 2. The van der Waals surface area contributed by atoms with Gasteiger partial charge in [0, 0.05) is 106 Å². The lowest BCUT2D eigenvalue weighted by atomic mass is 10.0. The number of carbonyl (C=O) groups excluding carboxylic acids is 5. The summed E-state index contributed by atoms with van der Waals surface area (Å²) in [6, 6.07) is 18.5. The Morgan fingerprint density at radius 3 is 2.09 bits per heavy atom. The summed E-state index contributed by atoms with van der Waals surface area (Å²) in [5, 5.41) is 6.67. The van der Waals surface area contributed by atoms with Crippen molar-refractivity contribution in [3.63, 3.8) is 0 Å². The number of hydrogen-bond donors (Lipinski definition) is 2. The molecule has 2 N–H and O–H groups in total. The second-order valence-corrected chi connectivity index (χ2v) is 23.5. The van der Waals surface area contributed by atoms with Crippen molar-refractivity contribution in [1.29, 1.82) is 0 Å². The number of halogens is 1. The van der Waals surface area contributed by atoms with Crippen molar-refractivity contribution in [2.24, 2.45) is 0 Å². The highest BCUT2D eigenvalue weighted by atomic mass is 35.5. The van der Waals surface area contributed by atoms with Gasteiger partial charge in [-0.15, -0.1) is 0 Å². The quantitative estimate of drug-likeness (QED) is 0.0448. The molecule has 3 aromatic carbocycles. The van der Waals surface area contributed by atoms with Gasteiger partial charge < -0.3 is 48.1 Å². The standard InChI is InChI=1S/C56H72ClN8O12P/c1-72-48-37-42(12-11-39(48)36-50-59-38-44(57)46(60-50)35-40-7-4-5-10-49(40)78(2,3)71)62-19-15-41(16-20-62)63-21-23-64(24-22-63)52(67)17-25-73-27-29-75-31-33-77-34-32-76-30-28-74-26-18-58-45-9-6-8-43-53(45)56(70)65(55(43)69)47-13-14-51(66)61-54(47)68/h4-12,37-38,41,47,58H,13-36H2,1-3H3,(H,61,66,68). The van der Waals surface area contributed by atoms with Gasteiger partial charge in [0.1, 0.15) is 24.8 Å². The zero-order valence-electron chi connectivity index (χ0n) is 44.9. The van der Waals surface area contributed by atoms with E-state index in [2.05, 4.69) is 43.6 Å². The summed E-state index contributed by atoms with van der Waals surface area (Å²) >= 11 is 6.58. The molecule has 1 atom stereocenters. The summed E-state index contributed by atoms with van der Waals surface area (Å²) in [5.41, 5.74) is 4.64. The number of benzene rings is 3. The van der Waals surface area contributed by atoms with Crippen LogP contribution in [0.1, 0.15) is 75.5 Å². The van der Waals surface area contributed by atoms with Crippen molar-refractivity contribution in [3.8, 4) is 5.75 Å². The Labute approximate surface area is 461 Å². The Hall–Kier alpha value is -5.83. The lowest BCUT2D eigenvalue weighted by Gasteiger charge is -2.43. The first kappa shape index (κ1) is 58.3. The zero-order valence-corrected chi connectivity index (χ0v) is 46.5. The molecule has 8 rings (SSSR count). The highest BCUT2D eigenvalue weighted by Gasteiger charge is 2.45. The Bertz CT molecular complexity index is 2780. The van der Waals surface area contributed by atoms with Crippen LogP contribution in [-0.2, 0) is 55.5 Å². The van der Waals surface area contributed by atoms with Crippen LogP contribution in [0.4, 0.5) is 11.4 Å². The van der Waals surface area contributed by atoms with Crippen molar-refractivity contribution in [2.75, 3.05) is 143 Å². The molecule has 3 fully saturated rings. The molecule has 1 unspecified atom stereocenters. The Morgan fingerprint density at radius 2 is 1.42 bits per heavy atom. The molecule has 0 spiro atoms. The maximum atomic E-state index is 13.2. The van der Waals surface area contributed by atoms with Crippen molar-refractivity contribution in [3.05, 3.63) is 106 Å². The molecule has 0 aliphatic carbocycles. The van der Waals surface area contributed by atoms with Crippen LogP contribution in [0.25, 0.3) is 0 Å². The number of hydrogen-bond acceptors (Lipinski definition) is 17. The predicted octanol–water partition coefficient (Wildman–Crippen LogP) is 4.67. The molecule has 0 bridgehead atoms. The summed E-state index contributed by atoms with van der Waals surface area (Å²) in [6.07, 6.45) is 5.16. The van der Waals surface area contributed by atoms with E-state index in [-0.39, 0.29) is 29.9 Å². The maximum absolute atomic E-state index is 13.2. The van der Waals surface area contributed by atoms with Crippen molar-refractivity contribution < 1.29 is 57.0 Å². The Kier molecular flexibility index (Phi) is 21.2. The number of ether oxygens (including phenoxy) is 6. The number of piperidine rings is 2. The smallest absolute Gasteiger partial charge is 0.264 e. The van der Waals surface area contributed by atoms with Crippen LogP contribution in [0, 0.1) is 0 Å². The average Bonchev–Trinajstić information content (AvgIpc) is 3.87. The first-order valence-corrected chi connectivity index (χ1v) is 29.8. The summed E-state index contributed by atoms with van der Waals surface area (Å²) in [4.78, 5) is 80.5. The summed E-state index contributed by atoms with van der Waals surface area (Å²) in [5.74, 6) is -0.656. The van der Waals surface area contributed by atoms with Gasteiger partial charge in [0.15, 0.2) is 0 Å². The third-order valence-electron chi connectivity index (χ3n) is 14.4. The van der Waals surface area contributed by atoms with Crippen molar-refractivity contribution in [2.45, 2.75) is 57.0 Å². The fourth-order valence-corrected chi connectivity index (χ4v) is 11.8. The lowest BCUT2D eigenvalue weighted by molar-refractivity contribution is -0.136. The fourth-order valence-electron chi connectivity index (χ4n) is 10.3. The molecule has 3 saturated heterocycles. The highest BCUT2D eigenvalue weighted by molar-refractivity contribution is 7.70. The van der Waals surface area contributed by atoms with E-state index in [1.165, 1.54) is 0 Å². The highest BCUT2D eigenvalue weighted by Crippen LogP contribution is 2.37. The number of anilines is 2. The fraction of sp³-hybridized carbons (Fsp3) is 0.518. The van der Waals surface area contributed by atoms with Gasteiger partial charge >= 0.3 is 0 Å². The topological polar surface area (TPSA) is 221 Å². The van der Waals surface area contributed by atoms with Crippen LogP contribution in [0.15, 0.2) is 66.9 Å². The van der Waals surface area contributed by atoms with Gasteiger partial charge in [-0.05, 0) is 56.4 Å². The summed E-state index contributed by atoms with van der Waals surface area (Å²) in [6.45, 7) is 12.8. The van der Waals surface area contributed by atoms with Gasteiger partial charge in [-0.3, -0.25) is 39.1 Å². The van der Waals surface area contributed by atoms with E-state index in [1.807, 2.05) is 29.2 Å². The van der Waals surface area contributed by atoms with E-state index in [0.29, 0.717) is 133 Å². The van der Waals surface area contributed by atoms with E-state index in [0.717, 1.165) is 71.8 Å². The van der Waals surface area contributed by atoms with Crippen LogP contribution >= 0.6 is 18.7 Å². The first-order chi connectivity index (χ1) is 37.8. The molecular formula is C56H72ClN8O12P. The van der Waals surface area contributed by atoms with E-state index in [1.54, 1.807) is 44.8 Å². The number of amides is 5. The van der Waals surface area contributed by atoms with Crippen LogP contribution < -0.4 is 25.6 Å². The van der Waals surface area contributed by atoms with Crippen molar-refractivity contribution >= 4 is 65.0 Å². The molecule has 20 nitrogen and oxygen atoms in total. The average molecular weight is 1120 g/mol. The van der Waals surface area contributed by atoms with Gasteiger partial charge in [-0.1, -0.05) is 48.0 Å². The number of aromatic nitrogens is 2. The largest absolute Gasteiger partial charge is 0.496 e. The maximum Gasteiger partial charge on any atom is 0.264 e. The molecule has 1 aromatic heterocycles. The molecule has 0 radical (unpaired) electrons. The molecule has 22 heteroatoms. The van der Waals surface area contributed by atoms with Crippen LogP contribution in [-0.4, -0.2) is 199 Å². The third-order valence-corrected chi connectivity index (χ3v) is 16.3. The minimum absolute atomic E-state index is 0.0576. The number of imide groups is 2. The van der Waals surface area contributed by atoms with E-state index < -0.39 is 36.8 Å². The summed E-state index contributed by atoms with van der Waals surface area (Å²) in [7, 11) is -0.797. The van der Waals surface area contributed by atoms with Crippen LogP contribution in [0.3, 0.4) is 0 Å². The van der Waals surface area contributed by atoms with Gasteiger partial charge in [0.05, 0.1) is 101 Å².